The monoisotopic (exact) mass is 438 g/mol. The first-order chi connectivity index (χ1) is 15.0. The Morgan fingerprint density at radius 1 is 1.26 bits per heavy atom. The predicted octanol–water partition coefficient (Wildman–Crippen LogP) is 4.82. The molecule has 2 aromatic heterocycles. The van der Waals surface area contributed by atoms with Crippen LogP contribution in [-0.4, -0.2) is 45.4 Å². The zero-order valence-electron chi connectivity index (χ0n) is 17.3. The molecule has 0 bridgehead atoms. The first-order valence-electron chi connectivity index (χ1n) is 10.5. The van der Waals surface area contributed by atoms with E-state index in [1.165, 1.54) is 25.5 Å². The van der Waals surface area contributed by atoms with Crippen LogP contribution in [0, 0.1) is 5.82 Å². The van der Waals surface area contributed by atoms with E-state index in [0.29, 0.717) is 33.7 Å². The normalized spacial score (nSPS) is 17.1. The highest BCUT2D eigenvalue weighted by Gasteiger charge is 2.21. The third kappa shape index (κ3) is 3.58. The van der Waals surface area contributed by atoms with Gasteiger partial charge in [0.15, 0.2) is 0 Å². The maximum Gasteiger partial charge on any atom is 0.150 e. The van der Waals surface area contributed by atoms with Crippen molar-refractivity contribution in [2.75, 3.05) is 31.2 Å². The molecule has 1 fully saturated rings. The first kappa shape index (κ1) is 20.0. The summed E-state index contributed by atoms with van der Waals surface area (Å²) in [6, 6.07) is 11.2. The van der Waals surface area contributed by atoms with Gasteiger partial charge >= 0.3 is 0 Å². The number of nitrogen functional groups attached to an aromatic ring is 1. The number of nitrogens with one attached hydrogen (secondary N) is 1. The lowest BCUT2D eigenvalue weighted by Gasteiger charge is -2.19. The lowest BCUT2D eigenvalue weighted by molar-refractivity contribution is 0.301. The van der Waals surface area contributed by atoms with Gasteiger partial charge in [-0.15, -0.1) is 0 Å². The van der Waals surface area contributed by atoms with Crippen LogP contribution >= 0.6 is 11.6 Å². The summed E-state index contributed by atoms with van der Waals surface area (Å²) >= 11 is 6.33. The zero-order chi connectivity index (χ0) is 21.5. The number of likely N-dealkylation sites (tertiary alicyclic amines) is 1. The quantitative estimate of drug-likeness (QED) is 0.467. The molecule has 6 nitrogen and oxygen atoms in total. The van der Waals surface area contributed by atoms with Crippen molar-refractivity contribution in [3.63, 3.8) is 0 Å². The number of nitrogens with two attached hydrogens (primary N) is 1. The summed E-state index contributed by atoms with van der Waals surface area (Å²) in [6.07, 6.45) is 5.22. The number of aromatic nitrogens is 3. The Morgan fingerprint density at radius 2 is 2.13 bits per heavy atom. The number of rotatable bonds is 5. The SMILES string of the molecule is CN1CCCC1CCNc1ccc2nc(N)c3cnc(-c4c(F)cccc4Cl)n3c2c1. The van der Waals surface area contributed by atoms with Crippen molar-refractivity contribution in [3.05, 3.63) is 53.4 Å². The van der Waals surface area contributed by atoms with Gasteiger partial charge in [0.2, 0.25) is 0 Å². The summed E-state index contributed by atoms with van der Waals surface area (Å²) in [5, 5.41) is 3.82. The maximum atomic E-state index is 14.7. The minimum atomic E-state index is -0.432. The second kappa shape index (κ2) is 7.98. The Bertz CT molecular complexity index is 1250. The van der Waals surface area contributed by atoms with E-state index in [1.54, 1.807) is 18.3 Å². The molecule has 2 aromatic carbocycles. The Morgan fingerprint density at radius 3 is 2.90 bits per heavy atom. The van der Waals surface area contributed by atoms with Crippen LogP contribution in [0.15, 0.2) is 42.6 Å². The van der Waals surface area contributed by atoms with Crippen molar-refractivity contribution in [2.24, 2.45) is 0 Å². The average Bonchev–Trinajstić information content (AvgIpc) is 3.36. The summed E-state index contributed by atoms with van der Waals surface area (Å²) in [7, 11) is 2.19. The average molecular weight is 439 g/mol. The van der Waals surface area contributed by atoms with Crippen LogP contribution in [-0.2, 0) is 0 Å². The lowest BCUT2D eigenvalue weighted by Crippen LogP contribution is -2.26. The standard InChI is InChI=1S/C23H24ClFN6/c1-30-11-3-4-15(30)9-10-27-14-7-8-18-19(12-14)31-20(22(26)29-18)13-28-23(31)21-16(24)5-2-6-17(21)25/h2,5-8,12-13,15,27H,3-4,9-11H2,1H3,(H2,26,29). The number of hydrogen-bond donors (Lipinski definition) is 2. The largest absolute Gasteiger partial charge is 0.385 e. The molecular formula is C23H24ClFN6. The van der Waals surface area contributed by atoms with E-state index in [1.807, 2.05) is 22.6 Å². The maximum absolute atomic E-state index is 14.7. The smallest absolute Gasteiger partial charge is 0.150 e. The van der Waals surface area contributed by atoms with Crippen molar-refractivity contribution in [1.82, 2.24) is 19.3 Å². The summed E-state index contributed by atoms with van der Waals surface area (Å²) in [6.45, 7) is 2.05. The molecular weight excluding hydrogens is 415 g/mol. The zero-order valence-corrected chi connectivity index (χ0v) is 18.0. The second-order valence-electron chi connectivity index (χ2n) is 8.09. The molecule has 1 unspecified atom stereocenters. The summed E-state index contributed by atoms with van der Waals surface area (Å²) < 4.78 is 16.5. The molecule has 3 N–H and O–H groups in total. The third-order valence-electron chi connectivity index (χ3n) is 6.15. The highest BCUT2D eigenvalue weighted by molar-refractivity contribution is 6.33. The fourth-order valence-electron chi connectivity index (χ4n) is 4.49. The Balaban J connectivity index is 1.56. The van der Waals surface area contributed by atoms with Crippen LogP contribution < -0.4 is 11.1 Å². The molecule has 4 aromatic rings. The van der Waals surface area contributed by atoms with Crippen molar-refractivity contribution in [3.8, 4) is 11.4 Å². The molecule has 1 aliphatic rings. The summed E-state index contributed by atoms with van der Waals surface area (Å²) in [5.74, 6) is 0.309. The van der Waals surface area contributed by atoms with Crippen molar-refractivity contribution >= 4 is 39.7 Å². The molecule has 0 saturated carbocycles. The fraction of sp³-hybridized carbons (Fsp3) is 0.304. The van der Waals surface area contributed by atoms with Crippen LogP contribution in [0.4, 0.5) is 15.9 Å². The number of benzene rings is 2. The molecule has 31 heavy (non-hydrogen) atoms. The van der Waals surface area contributed by atoms with Gasteiger partial charge in [-0.05, 0) is 63.2 Å². The molecule has 0 aliphatic carbocycles. The minimum Gasteiger partial charge on any atom is -0.385 e. The van der Waals surface area contributed by atoms with Gasteiger partial charge in [-0.1, -0.05) is 17.7 Å². The highest BCUT2D eigenvalue weighted by atomic mass is 35.5. The Labute approximate surface area is 184 Å². The van der Waals surface area contributed by atoms with E-state index >= 15 is 0 Å². The topological polar surface area (TPSA) is 71.5 Å². The molecule has 3 heterocycles. The van der Waals surface area contributed by atoms with Gasteiger partial charge in [-0.3, -0.25) is 4.40 Å². The number of nitrogens with zero attached hydrogens (tertiary/aromatic N) is 4. The molecule has 1 saturated heterocycles. The Kier molecular flexibility index (Phi) is 5.16. The predicted molar refractivity (Wildman–Crippen MR) is 124 cm³/mol. The number of imidazole rings is 1. The van der Waals surface area contributed by atoms with E-state index < -0.39 is 5.82 Å². The van der Waals surface area contributed by atoms with Gasteiger partial charge < -0.3 is 16.0 Å². The van der Waals surface area contributed by atoms with Crippen LogP contribution in [0.2, 0.25) is 5.02 Å². The van der Waals surface area contributed by atoms with E-state index in [2.05, 4.69) is 27.2 Å². The number of halogens is 2. The van der Waals surface area contributed by atoms with Crippen LogP contribution in [0.25, 0.3) is 27.9 Å². The number of hydrogen-bond acceptors (Lipinski definition) is 5. The molecule has 0 radical (unpaired) electrons. The van der Waals surface area contributed by atoms with E-state index in [-0.39, 0.29) is 5.56 Å². The molecule has 1 aliphatic heterocycles. The molecule has 5 rings (SSSR count). The second-order valence-corrected chi connectivity index (χ2v) is 8.50. The Hall–Kier alpha value is -2.90. The minimum absolute atomic E-state index is 0.249. The van der Waals surface area contributed by atoms with Gasteiger partial charge in [0.25, 0.3) is 0 Å². The fourth-order valence-corrected chi connectivity index (χ4v) is 4.73. The highest BCUT2D eigenvalue weighted by Crippen LogP contribution is 2.33. The van der Waals surface area contributed by atoms with Crippen molar-refractivity contribution in [1.29, 1.82) is 0 Å². The first-order valence-corrected chi connectivity index (χ1v) is 10.9. The van der Waals surface area contributed by atoms with Gasteiger partial charge in [0.1, 0.15) is 23.0 Å². The van der Waals surface area contributed by atoms with Crippen LogP contribution in [0.1, 0.15) is 19.3 Å². The van der Waals surface area contributed by atoms with Gasteiger partial charge in [-0.25, -0.2) is 14.4 Å². The van der Waals surface area contributed by atoms with Crippen molar-refractivity contribution < 1.29 is 4.39 Å². The third-order valence-corrected chi connectivity index (χ3v) is 6.46. The molecule has 8 heteroatoms. The molecule has 1 atom stereocenters. The van der Waals surface area contributed by atoms with Crippen molar-refractivity contribution in [2.45, 2.75) is 25.3 Å². The van der Waals surface area contributed by atoms with Crippen LogP contribution in [0.3, 0.4) is 0 Å². The van der Waals surface area contributed by atoms with E-state index in [4.69, 9.17) is 17.3 Å². The number of anilines is 2. The summed E-state index contributed by atoms with van der Waals surface area (Å²) in [4.78, 5) is 11.4. The molecule has 0 amide bonds. The molecule has 160 valence electrons. The molecule has 0 spiro atoms. The lowest BCUT2D eigenvalue weighted by atomic mass is 10.1. The van der Waals surface area contributed by atoms with E-state index in [0.717, 1.165) is 24.2 Å². The number of fused-ring (bicyclic) bond motifs is 3. The van der Waals surface area contributed by atoms with Gasteiger partial charge in [-0.2, -0.15) is 0 Å². The summed E-state index contributed by atoms with van der Waals surface area (Å²) in [5.41, 5.74) is 9.51. The van der Waals surface area contributed by atoms with E-state index in [9.17, 15) is 4.39 Å². The van der Waals surface area contributed by atoms with Gasteiger partial charge in [0, 0.05) is 18.3 Å². The van der Waals surface area contributed by atoms with Gasteiger partial charge in [0.05, 0.1) is 27.8 Å². The van der Waals surface area contributed by atoms with Crippen LogP contribution in [0.5, 0.6) is 0 Å².